The number of rotatable bonds is 5. The van der Waals surface area contributed by atoms with Crippen LogP contribution in [0.1, 0.15) is 36.4 Å². The van der Waals surface area contributed by atoms with Gasteiger partial charge in [-0.25, -0.2) is 19.6 Å². The first kappa shape index (κ1) is 23.0. The molecule has 9 heteroatoms. The highest BCUT2D eigenvalue weighted by atomic mass is 32.2. The van der Waals surface area contributed by atoms with Gasteiger partial charge in [-0.1, -0.05) is 13.8 Å². The molecule has 0 amide bonds. The van der Waals surface area contributed by atoms with E-state index in [9.17, 15) is 14.4 Å². The van der Waals surface area contributed by atoms with Crippen LogP contribution in [-0.2, 0) is 19.3 Å². The van der Waals surface area contributed by atoms with Crippen molar-refractivity contribution in [3.05, 3.63) is 72.0 Å². The third-order valence-corrected chi connectivity index (χ3v) is 6.64. The van der Waals surface area contributed by atoms with Crippen molar-refractivity contribution >= 4 is 33.8 Å². The molecule has 0 saturated carbocycles. The Kier molecular flexibility index (Phi) is 6.00. The van der Waals surface area contributed by atoms with E-state index in [1.165, 1.54) is 24.9 Å². The number of thioether (sulfide) groups is 1. The summed E-state index contributed by atoms with van der Waals surface area (Å²) in [6.45, 7) is 10.2. The van der Waals surface area contributed by atoms with Gasteiger partial charge in [0.05, 0.1) is 0 Å². The SMILES string of the molecule is Cc1nc(SCc2cc(=O)oc3cc(C)c(C)cc23)c2c(=O)n(C)c(=O)n(CC(C)C)c2n1. The Morgan fingerprint density at radius 2 is 1.73 bits per heavy atom. The third kappa shape index (κ3) is 4.25. The Balaban J connectivity index is 1.88. The summed E-state index contributed by atoms with van der Waals surface area (Å²) in [4.78, 5) is 47.0. The largest absolute Gasteiger partial charge is 0.423 e. The summed E-state index contributed by atoms with van der Waals surface area (Å²) in [6, 6.07) is 5.35. The predicted octanol–water partition coefficient (Wildman–Crippen LogP) is 3.47. The second-order valence-corrected chi connectivity index (χ2v) is 9.70. The van der Waals surface area contributed by atoms with E-state index in [1.54, 1.807) is 11.5 Å². The van der Waals surface area contributed by atoms with E-state index < -0.39 is 16.9 Å². The summed E-state index contributed by atoms with van der Waals surface area (Å²) in [5.41, 5.74) is 2.56. The molecular weight excluding hydrogens is 440 g/mol. The van der Waals surface area contributed by atoms with Crippen LogP contribution in [0.25, 0.3) is 22.0 Å². The van der Waals surface area contributed by atoms with Gasteiger partial charge in [0, 0.05) is 30.8 Å². The van der Waals surface area contributed by atoms with Gasteiger partial charge < -0.3 is 4.42 Å². The van der Waals surface area contributed by atoms with Crippen LogP contribution in [-0.4, -0.2) is 19.1 Å². The molecule has 0 atom stereocenters. The van der Waals surface area contributed by atoms with Crippen LogP contribution in [0.4, 0.5) is 0 Å². The molecule has 0 spiro atoms. The molecule has 0 radical (unpaired) electrons. The number of hydrogen-bond acceptors (Lipinski definition) is 7. The van der Waals surface area contributed by atoms with Crippen LogP contribution < -0.4 is 16.9 Å². The molecule has 0 N–H and O–H groups in total. The lowest BCUT2D eigenvalue weighted by molar-refractivity contribution is 0.498. The number of aryl methyl sites for hydroxylation is 3. The molecule has 4 aromatic rings. The van der Waals surface area contributed by atoms with Gasteiger partial charge in [-0.3, -0.25) is 13.9 Å². The second kappa shape index (κ2) is 8.62. The van der Waals surface area contributed by atoms with E-state index in [4.69, 9.17) is 4.42 Å². The molecule has 1 aromatic carbocycles. The maximum Gasteiger partial charge on any atom is 0.336 e. The van der Waals surface area contributed by atoms with Crippen molar-refractivity contribution in [2.24, 2.45) is 13.0 Å². The molecule has 8 nitrogen and oxygen atoms in total. The van der Waals surface area contributed by atoms with Crippen molar-refractivity contribution in [1.29, 1.82) is 0 Å². The van der Waals surface area contributed by atoms with E-state index in [0.29, 0.717) is 39.8 Å². The maximum atomic E-state index is 13.1. The fraction of sp³-hybridized carbons (Fsp3) is 0.375. The topological polar surface area (TPSA) is 100.0 Å². The molecule has 172 valence electrons. The Morgan fingerprint density at radius 1 is 1.03 bits per heavy atom. The van der Waals surface area contributed by atoms with Crippen molar-refractivity contribution < 1.29 is 4.42 Å². The van der Waals surface area contributed by atoms with Crippen LogP contribution in [0.3, 0.4) is 0 Å². The highest BCUT2D eigenvalue weighted by molar-refractivity contribution is 7.98. The van der Waals surface area contributed by atoms with Crippen molar-refractivity contribution in [2.75, 3.05) is 0 Å². The number of benzene rings is 1. The average molecular weight is 467 g/mol. The van der Waals surface area contributed by atoms with Gasteiger partial charge in [-0.05, 0) is 55.5 Å². The zero-order valence-corrected chi connectivity index (χ0v) is 20.4. The van der Waals surface area contributed by atoms with Gasteiger partial charge in [0.15, 0.2) is 5.65 Å². The van der Waals surface area contributed by atoms with E-state index >= 15 is 0 Å². The third-order valence-electron chi connectivity index (χ3n) is 5.62. The lowest BCUT2D eigenvalue weighted by atomic mass is 10.0. The first-order valence-corrected chi connectivity index (χ1v) is 11.7. The Bertz CT molecular complexity index is 1580. The summed E-state index contributed by atoms with van der Waals surface area (Å²) in [7, 11) is 1.47. The van der Waals surface area contributed by atoms with E-state index in [-0.39, 0.29) is 5.92 Å². The second-order valence-electron chi connectivity index (χ2n) is 8.74. The quantitative estimate of drug-likeness (QED) is 0.252. The number of fused-ring (bicyclic) bond motifs is 2. The molecule has 0 fully saturated rings. The minimum atomic E-state index is -0.429. The zero-order chi connectivity index (χ0) is 24.0. The fourth-order valence-electron chi connectivity index (χ4n) is 3.82. The normalized spacial score (nSPS) is 11.7. The van der Waals surface area contributed by atoms with Crippen LogP contribution >= 0.6 is 11.8 Å². The monoisotopic (exact) mass is 466 g/mol. The molecule has 0 aliphatic rings. The van der Waals surface area contributed by atoms with Crippen LogP contribution in [0.5, 0.6) is 0 Å². The minimum Gasteiger partial charge on any atom is -0.423 e. The number of nitrogens with zero attached hydrogens (tertiary/aromatic N) is 4. The highest BCUT2D eigenvalue weighted by Gasteiger charge is 2.19. The Labute approximate surface area is 194 Å². The van der Waals surface area contributed by atoms with Crippen molar-refractivity contribution in [3.8, 4) is 0 Å². The van der Waals surface area contributed by atoms with Gasteiger partial charge in [-0.15, -0.1) is 11.8 Å². The van der Waals surface area contributed by atoms with Gasteiger partial charge in [-0.2, -0.15) is 0 Å². The number of aromatic nitrogens is 4. The lowest BCUT2D eigenvalue weighted by Gasteiger charge is -2.15. The van der Waals surface area contributed by atoms with Gasteiger partial charge in [0.1, 0.15) is 21.8 Å². The molecule has 0 aliphatic heterocycles. The van der Waals surface area contributed by atoms with Crippen LogP contribution in [0, 0.1) is 26.7 Å². The summed E-state index contributed by atoms with van der Waals surface area (Å²) in [5, 5.41) is 1.65. The average Bonchev–Trinajstić information content (AvgIpc) is 2.74. The molecule has 3 aromatic heterocycles. The number of hydrogen-bond donors (Lipinski definition) is 0. The summed E-state index contributed by atoms with van der Waals surface area (Å²) < 4.78 is 8.04. The van der Waals surface area contributed by atoms with Crippen molar-refractivity contribution in [2.45, 2.75) is 51.9 Å². The zero-order valence-electron chi connectivity index (χ0n) is 19.6. The summed E-state index contributed by atoms with van der Waals surface area (Å²) in [6.07, 6.45) is 0. The lowest BCUT2D eigenvalue weighted by Crippen LogP contribution is -2.39. The van der Waals surface area contributed by atoms with Gasteiger partial charge in [0.25, 0.3) is 5.56 Å². The molecule has 0 unspecified atom stereocenters. The fourth-order valence-corrected chi connectivity index (χ4v) is 4.87. The Morgan fingerprint density at radius 3 is 2.42 bits per heavy atom. The van der Waals surface area contributed by atoms with E-state index in [0.717, 1.165) is 26.6 Å². The molecule has 3 heterocycles. The van der Waals surface area contributed by atoms with Crippen molar-refractivity contribution in [3.63, 3.8) is 0 Å². The standard InChI is InChI=1S/C24H26N4O4S/c1-12(2)10-28-21-20(23(30)27(6)24(28)31)22(26-15(5)25-21)33-11-16-9-19(29)32-18-8-14(4)13(3)7-17(16)18/h7-9,12H,10-11H2,1-6H3. The molecular formula is C24H26N4O4S. The molecule has 33 heavy (non-hydrogen) atoms. The molecule has 4 rings (SSSR count). The van der Waals surface area contributed by atoms with E-state index in [1.807, 2.05) is 39.8 Å². The molecule has 0 saturated heterocycles. The maximum absolute atomic E-state index is 13.1. The van der Waals surface area contributed by atoms with Crippen molar-refractivity contribution in [1.82, 2.24) is 19.1 Å². The highest BCUT2D eigenvalue weighted by Crippen LogP contribution is 2.29. The summed E-state index contributed by atoms with van der Waals surface area (Å²) in [5.74, 6) is 1.07. The predicted molar refractivity (Wildman–Crippen MR) is 130 cm³/mol. The van der Waals surface area contributed by atoms with Crippen LogP contribution in [0.15, 0.2) is 42.0 Å². The smallest absolute Gasteiger partial charge is 0.336 e. The Hall–Kier alpha value is -3.20. The van der Waals surface area contributed by atoms with Crippen LogP contribution in [0.2, 0.25) is 0 Å². The molecule has 0 aliphatic carbocycles. The summed E-state index contributed by atoms with van der Waals surface area (Å²) >= 11 is 1.35. The molecule has 0 bridgehead atoms. The van der Waals surface area contributed by atoms with Gasteiger partial charge in [0.2, 0.25) is 0 Å². The van der Waals surface area contributed by atoms with Gasteiger partial charge >= 0.3 is 11.3 Å². The first-order valence-electron chi connectivity index (χ1n) is 10.7. The van der Waals surface area contributed by atoms with E-state index in [2.05, 4.69) is 9.97 Å². The first-order chi connectivity index (χ1) is 15.6. The minimum absolute atomic E-state index is 0.191.